The Hall–Kier alpha value is -2.19. The summed E-state index contributed by atoms with van der Waals surface area (Å²) in [6.07, 6.45) is 0. The summed E-state index contributed by atoms with van der Waals surface area (Å²) in [5.74, 6) is 0. The Balaban J connectivity index is 1.50. The lowest BCUT2D eigenvalue weighted by molar-refractivity contribution is 0.164. The van der Waals surface area contributed by atoms with Crippen LogP contribution >= 0.6 is 11.3 Å². The smallest absolute Gasteiger partial charge is 0.240 e. The molecule has 2 atom stereocenters. The molecular formula is C23H27N3O2S2. The summed E-state index contributed by atoms with van der Waals surface area (Å²) in [7, 11) is -3.57. The van der Waals surface area contributed by atoms with Gasteiger partial charge in [0.15, 0.2) is 0 Å². The topological polar surface area (TPSA) is 52.7 Å². The summed E-state index contributed by atoms with van der Waals surface area (Å²) in [5.41, 5.74) is 1.24. The third-order valence-electron chi connectivity index (χ3n) is 5.53. The molecule has 158 valence electrons. The number of piperazine rings is 1. The van der Waals surface area contributed by atoms with Crippen LogP contribution in [0, 0.1) is 0 Å². The lowest BCUT2D eigenvalue weighted by Gasteiger charge is -2.42. The van der Waals surface area contributed by atoms with E-state index in [2.05, 4.69) is 50.2 Å². The molecule has 0 radical (unpaired) electrons. The van der Waals surface area contributed by atoms with E-state index < -0.39 is 10.0 Å². The SMILES string of the molecule is CC(NS(=O)(=O)c1ccccc1)C(c1cccs1)N1CCN(c2ccccc2)CC1. The molecule has 2 heterocycles. The second kappa shape index (κ2) is 9.31. The van der Waals surface area contributed by atoms with Crippen molar-refractivity contribution in [2.75, 3.05) is 31.1 Å². The molecule has 0 amide bonds. The van der Waals surface area contributed by atoms with Gasteiger partial charge in [0.25, 0.3) is 0 Å². The van der Waals surface area contributed by atoms with Crippen molar-refractivity contribution in [2.45, 2.75) is 23.9 Å². The van der Waals surface area contributed by atoms with E-state index in [9.17, 15) is 8.42 Å². The first-order chi connectivity index (χ1) is 14.5. The monoisotopic (exact) mass is 441 g/mol. The zero-order valence-corrected chi connectivity index (χ0v) is 18.6. The summed E-state index contributed by atoms with van der Waals surface area (Å²) < 4.78 is 28.7. The number of para-hydroxylation sites is 1. The van der Waals surface area contributed by atoms with Gasteiger partial charge in [-0.25, -0.2) is 13.1 Å². The average molecular weight is 442 g/mol. The van der Waals surface area contributed by atoms with E-state index >= 15 is 0 Å². The fourth-order valence-electron chi connectivity index (χ4n) is 4.08. The zero-order valence-electron chi connectivity index (χ0n) is 17.0. The maximum Gasteiger partial charge on any atom is 0.240 e. The molecule has 1 aliphatic heterocycles. The van der Waals surface area contributed by atoms with Crippen molar-refractivity contribution in [3.8, 4) is 0 Å². The van der Waals surface area contributed by atoms with Crippen LogP contribution in [-0.4, -0.2) is 45.5 Å². The normalized spacial score (nSPS) is 17.6. The summed E-state index contributed by atoms with van der Waals surface area (Å²) in [5, 5.41) is 2.06. The zero-order chi connectivity index (χ0) is 21.0. The van der Waals surface area contributed by atoms with Crippen molar-refractivity contribution in [3.63, 3.8) is 0 Å². The van der Waals surface area contributed by atoms with Crippen LogP contribution < -0.4 is 9.62 Å². The van der Waals surface area contributed by atoms with Crippen molar-refractivity contribution in [1.82, 2.24) is 9.62 Å². The highest BCUT2D eigenvalue weighted by Gasteiger charge is 2.32. The Morgan fingerprint density at radius 1 is 0.867 bits per heavy atom. The molecule has 2 aromatic carbocycles. The lowest BCUT2D eigenvalue weighted by atomic mass is 10.1. The number of anilines is 1. The first kappa shape index (κ1) is 21.1. The van der Waals surface area contributed by atoms with Gasteiger partial charge in [-0.15, -0.1) is 11.3 Å². The van der Waals surface area contributed by atoms with Gasteiger partial charge in [-0.05, 0) is 42.6 Å². The molecule has 2 unspecified atom stereocenters. The van der Waals surface area contributed by atoms with Crippen LogP contribution in [0.25, 0.3) is 0 Å². The molecule has 4 rings (SSSR count). The van der Waals surface area contributed by atoms with Gasteiger partial charge in [0.1, 0.15) is 0 Å². The fraction of sp³-hybridized carbons (Fsp3) is 0.304. The molecule has 1 aliphatic rings. The van der Waals surface area contributed by atoms with Crippen molar-refractivity contribution in [3.05, 3.63) is 83.1 Å². The quantitative estimate of drug-likeness (QED) is 0.603. The van der Waals surface area contributed by atoms with E-state index in [-0.39, 0.29) is 12.1 Å². The second-order valence-electron chi connectivity index (χ2n) is 7.54. The van der Waals surface area contributed by atoms with Gasteiger partial charge in [-0.1, -0.05) is 42.5 Å². The van der Waals surface area contributed by atoms with Gasteiger partial charge in [0.05, 0.1) is 10.9 Å². The molecule has 0 aliphatic carbocycles. The summed E-state index contributed by atoms with van der Waals surface area (Å²) in [6.45, 7) is 5.58. The van der Waals surface area contributed by atoms with Crippen molar-refractivity contribution >= 4 is 27.0 Å². The second-order valence-corrected chi connectivity index (χ2v) is 10.2. The Kier molecular flexibility index (Phi) is 6.53. The molecule has 1 fully saturated rings. The summed E-state index contributed by atoms with van der Waals surface area (Å²) in [6, 6.07) is 22.9. The van der Waals surface area contributed by atoms with Crippen LogP contribution in [0.15, 0.2) is 83.1 Å². The third kappa shape index (κ3) is 4.75. The van der Waals surface area contributed by atoms with E-state index in [1.54, 1.807) is 35.6 Å². The molecular weight excluding hydrogens is 414 g/mol. The molecule has 1 aromatic heterocycles. The number of benzene rings is 2. The third-order valence-corrected chi connectivity index (χ3v) is 8.05. The van der Waals surface area contributed by atoms with Crippen molar-refractivity contribution in [2.24, 2.45) is 0 Å². The maximum absolute atomic E-state index is 12.9. The first-order valence-corrected chi connectivity index (χ1v) is 12.6. The minimum atomic E-state index is -3.57. The predicted molar refractivity (Wildman–Crippen MR) is 124 cm³/mol. The van der Waals surface area contributed by atoms with Gasteiger partial charge >= 0.3 is 0 Å². The average Bonchev–Trinajstić information content (AvgIpc) is 3.29. The maximum atomic E-state index is 12.9. The highest BCUT2D eigenvalue weighted by Crippen LogP contribution is 2.31. The highest BCUT2D eigenvalue weighted by molar-refractivity contribution is 7.89. The highest BCUT2D eigenvalue weighted by atomic mass is 32.2. The van der Waals surface area contributed by atoms with Crippen molar-refractivity contribution in [1.29, 1.82) is 0 Å². The van der Waals surface area contributed by atoms with Gasteiger partial charge in [-0.3, -0.25) is 4.90 Å². The number of thiophene rings is 1. The number of rotatable bonds is 7. The largest absolute Gasteiger partial charge is 0.369 e. The van der Waals surface area contributed by atoms with Crippen LogP contribution in [0.3, 0.4) is 0 Å². The van der Waals surface area contributed by atoms with Crippen LogP contribution in [0.5, 0.6) is 0 Å². The minimum Gasteiger partial charge on any atom is -0.369 e. The van der Waals surface area contributed by atoms with E-state index in [1.165, 1.54) is 10.6 Å². The van der Waals surface area contributed by atoms with Crippen LogP contribution in [0.4, 0.5) is 5.69 Å². The Morgan fingerprint density at radius 3 is 2.10 bits per heavy atom. The molecule has 7 heteroatoms. The van der Waals surface area contributed by atoms with Crippen LogP contribution in [-0.2, 0) is 10.0 Å². The van der Waals surface area contributed by atoms with E-state index in [0.717, 1.165) is 26.2 Å². The van der Waals surface area contributed by atoms with Gasteiger partial charge in [0, 0.05) is 42.8 Å². The molecule has 1 N–H and O–H groups in total. The first-order valence-electron chi connectivity index (χ1n) is 10.2. The number of nitrogens with one attached hydrogen (secondary N) is 1. The van der Waals surface area contributed by atoms with E-state index in [1.807, 2.05) is 25.1 Å². The molecule has 0 bridgehead atoms. The molecule has 0 saturated carbocycles. The fourth-order valence-corrected chi connectivity index (χ4v) is 6.31. The minimum absolute atomic E-state index is 0.00131. The lowest BCUT2D eigenvalue weighted by Crippen LogP contribution is -2.52. The molecule has 1 saturated heterocycles. The van der Waals surface area contributed by atoms with Gasteiger partial charge in [-0.2, -0.15) is 0 Å². The number of hydrogen-bond donors (Lipinski definition) is 1. The summed E-state index contributed by atoms with van der Waals surface area (Å²) >= 11 is 1.68. The number of sulfonamides is 1. The predicted octanol–water partition coefficient (Wildman–Crippen LogP) is 3.98. The molecule has 5 nitrogen and oxygen atoms in total. The molecule has 30 heavy (non-hydrogen) atoms. The van der Waals surface area contributed by atoms with Gasteiger partial charge < -0.3 is 4.90 Å². The standard InChI is InChI=1S/C23H27N3O2S2/c1-19(24-30(27,28)21-11-6-3-7-12-21)23(22-13-8-18-29-22)26-16-14-25(15-17-26)20-9-4-2-5-10-20/h2-13,18-19,23-24H,14-17H2,1H3. The number of nitrogens with zero attached hydrogens (tertiary/aromatic N) is 2. The molecule has 3 aromatic rings. The summed E-state index contributed by atoms with van der Waals surface area (Å²) in [4.78, 5) is 6.28. The Labute approximate surface area is 183 Å². The molecule has 0 spiro atoms. The van der Waals surface area contributed by atoms with Crippen molar-refractivity contribution < 1.29 is 8.42 Å². The van der Waals surface area contributed by atoms with E-state index in [0.29, 0.717) is 4.90 Å². The van der Waals surface area contributed by atoms with Crippen LogP contribution in [0.1, 0.15) is 17.8 Å². The van der Waals surface area contributed by atoms with Crippen LogP contribution in [0.2, 0.25) is 0 Å². The Bertz CT molecular complexity index is 1020. The van der Waals surface area contributed by atoms with E-state index in [4.69, 9.17) is 0 Å². The van der Waals surface area contributed by atoms with Gasteiger partial charge in [0.2, 0.25) is 10.0 Å². The number of hydrogen-bond acceptors (Lipinski definition) is 5. The Morgan fingerprint density at radius 2 is 1.50 bits per heavy atom.